The highest BCUT2D eigenvalue weighted by Crippen LogP contribution is 2.20. The lowest BCUT2D eigenvalue weighted by Crippen LogP contribution is -1.96. The van der Waals surface area contributed by atoms with Gasteiger partial charge in [0.15, 0.2) is 0 Å². The number of nitrogens with zero attached hydrogens (tertiary/aromatic N) is 1. The standard InChI is InChI=1S/C17H19ClN2O/c1-3-9-21-16-6-4-5-14(10-16)12-19-20-15-8-7-13(2)17(18)11-15/h4-8,10-12,20H,3,9H2,1-2H3/b19-12+. The summed E-state index contributed by atoms with van der Waals surface area (Å²) in [6.45, 7) is 4.78. The van der Waals surface area contributed by atoms with Gasteiger partial charge in [-0.25, -0.2) is 0 Å². The van der Waals surface area contributed by atoms with Crippen LogP contribution in [0.3, 0.4) is 0 Å². The van der Waals surface area contributed by atoms with Crippen molar-refractivity contribution in [3.8, 4) is 5.75 Å². The van der Waals surface area contributed by atoms with Gasteiger partial charge in [0.05, 0.1) is 18.5 Å². The second-order valence-electron chi connectivity index (χ2n) is 4.75. The fraction of sp³-hybridized carbons (Fsp3) is 0.235. The van der Waals surface area contributed by atoms with E-state index in [9.17, 15) is 0 Å². The van der Waals surface area contributed by atoms with Crippen molar-refractivity contribution >= 4 is 23.5 Å². The van der Waals surface area contributed by atoms with Gasteiger partial charge in [-0.3, -0.25) is 5.43 Å². The van der Waals surface area contributed by atoms with Gasteiger partial charge < -0.3 is 4.74 Å². The zero-order chi connectivity index (χ0) is 15.1. The van der Waals surface area contributed by atoms with Gasteiger partial charge >= 0.3 is 0 Å². The molecule has 2 aromatic rings. The molecule has 0 heterocycles. The summed E-state index contributed by atoms with van der Waals surface area (Å²) >= 11 is 6.07. The SMILES string of the molecule is CCCOc1cccc(/C=N/Nc2ccc(C)c(Cl)c2)c1. The van der Waals surface area contributed by atoms with Gasteiger partial charge in [-0.2, -0.15) is 5.10 Å². The molecule has 2 rings (SSSR count). The zero-order valence-electron chi connectivity index (χ0n) is 12.3. The van der Waals surface area contributed by atoms with Crippen molar-refractivity contribution < 1.29 is 4.74 Å². The highest BCUT2D eigenvalue weighted by molar-refractivity contribution is 6.31. The number of rotatable bonds is 6. The molecule has 0 amide bonds. The lowest BCUT2D eigenvalue weighted by molar-refractivity contribution is 0.317. The van der Waals surface area contributed by atoms with Crippen LogP contribution < -0.4 is 10.2 Å². The molecule has 0 spiro atoms. The number of hydrazone groups is 1. The van der Waals surface area contributed by atoms with E-state index < -0.39 is 0 Å². The van der Waals surface area contributed by atoms with Crippen molar-refractivity contribution in [1.29, 1.82) is 0 Å². The molecule has 1 N–H and O–H groups in total. The molecule has 0 bridgehead atoms. The van der Waals surface area contributed by atoms with Gasteiger partial charge in [-0.05, 0) is 48.7 Å². The largest absolute Gasteiger partial charge is 0.494 e. The van der Waals surface area contributed by atoms with E-state index in [1.165, 1.54) is 0 Å². The number of anilines is 1. The van der Waals surface area contributed by atoms with Crippen LogP contribution in [0.15, 0.2) is 47.6 Å². The van der Waals surface area contributed by atoms with Crippen molar-refractivity contribution in [3.05, 3.63) is 58.6 Å². The zero-order valence-corrected chi connectivity index (χ0v) is 13.0. The molecule has 0 radical (unpaired) electrons. The summed E-state index contributed by atoms with van der Waals surface area (Å²) in [4.78, 5) is 0. The quantitative estimate of drug-likeness (QED) is 0.609. The van der Waals surface area contributed by atoms with Crippen molar-refractivity contribution in [2.24, 2.45) is 5.10 Å². The van der Waals surface area contributed by atoms with Crippen LogP contribution in [-0.2, 0) is 0 Å². The van der Waals surface area contributed by atoms with Gasteiger partial charge in [-0.1, -0.05) is 36.7 Å². The number of benzene rings is 2. The number of hydrogen-bond donors (Lipinski definition) is 1. The Bertz CT molecular complexity index is 626. The molecule has 3 nitrogen and oxygen atoms in total. The Labute approximate surface area is 130 Å². The van der Waals surface area contributed by atoms with Gasteiger partial charge in [0, 0.05) is 5.02 Å². The molecule has 0 unspecified atom stereocenters. The summed E-state index contributed by atoms with van der Waals surface area (Å²) < 4.78 is 5.59. The Morgan fingerprint density at radius 3 is 2.86 bits per heavy atom. The molecule has 0 aliphatic rings. The molecular formula is C17H19ClN2O. The predicted molar refractivity (Wildman–Crippen MR) is 89.6 cm³/mol. The Hall–Kier alpha value is -2.00. The summed E-state index contributed by atoms with van der Waals surface area (Å²) in [5.74, 6) is 0.860. The Morgan fingerprint density at radius 2 is 2.10 bits per heavy atom. The molecular weight excluding hydrogens is 284 g/mol. The fourth-order valence-corrected chi connectivity index (χ4v) is 1.93. The van der Waals surface area contributed by atoms with Crippen LogP contribution in [0.1, 0.15) is 24.5 Å². The first kappa shape index (κ1) is 15.4. The predicted octanol–water partition coefficient (Wildman–Crippen LogP) is 4.88. The van der Waals surface area contributed by atoms with E-state index in [-0.39, 0.29) is 0 Å². The molecule has 2 aromatic carbocycles. The van der Waals surface area contributed by atoms with E-state index in [4.69, 9.17) is 16.3 Å². The van der Waals surface area contributed by atoms with Gasteiger partial charge in [0.2, 0.25) is 0 Å². The first-order chi connectivity index (χ1) is 10.2. The van der Waals surface area contributed by atoms with Gasteiger partial charge in [0.25, 0.3) is 0 Å². The minimum atomic E-state index is 0.723. The Morgan fingerprint density at radius 1 is 1.24 bits per heavy atom. The summed E-state index contributed by atoms with van der Waals surface area (Å²) in [5, 5.41) is 4.94. The van der Waals surface area contributed by atoms with Crippen LogP contribution in [-0.4, -0.2) is 12.8 Å². The average Bonchev–Trinajstić information content (AvgIpc) is 2.49. The van der Waals surface area contributed by atoms with Crippen LogP contribution in [0.5, 0.6) is 5.75 Å². The minimum absolute atomic E-state index is 0.723. The minimum Gasteiger partial charge on any atom is -0.494 e. The van der Waals surface area contributed by atoms with Crippen molar-refractivity contribution in [2.45, 2.75) is 20.3 Å². The molecule has 21 heavy (non-hydrogen) atoms. The van der Waals surface area contributed by atoms with Gasteiger partial charge in [-0.15, -0.1) is 0 Å². The van der Waals surface area contributed by atoms with E-state index in [2.05, 4.69) is 17.5 Å². The lowest BCUT2D eigenvalue weighted by atomic mass is 10.2. The third-order valence-corrected chi connectivity index (χ3v) is 3.32. The van der Waals surface area contributed by atoms with E-state index in [1.807, 2.05) is 49.4 Å². The fourth-order valence-electron chi connectivity index (χ4n) is 1.75. The maximum Gasteiger partial charge on any atom is 0.119 e. The van der Waals surface area contributed by atoms with Crippen LogP contribution in [0.2, 0.25) is 5.02 Å². The molecule has 0 fully saturated rings. The number of aryl methyl sites for hydroxylation is 1. The second-order valence-corrected chi connectivity index (χ2v) is 5.16. The summed E-state index contributed by atoms with van der Waals surface area (Å²) in [6, 6.07) is 13.6. The van der Waals surface area contributed by atoms with Crippen molar-refractivity contribution in [1.82, 2.24) is 0 Å². The number of halogens is 1. The molecule has 110 valence electrons. The molecule has 0 aliphatic carbocycles. The Kier molecular flexibility index (Phi) is 5.64. The molecule has 0 aromatic heterocycles. The molecule has 0 aliphatic heterocycles. The van der Waals surface area contributed by atoms with E-state index in [1.54, 1.807) is 6.21 Å². The van der Waals surface area contributed by atoms with E-state index in [0.29, 0.717) is 0 Å². The molecule has 0 saturated carbocycles. The maximum absolute atomic E-state index is 6.07. The topological polar surface area (TPSA) is 33.6 Å². The Balaban J connectivity index is 1.98. The monoisotopic (exact) mass is 302 g/mol. The van der Waals surface area contributed by atoms with Crippen molar-refractivity contribution in [3.63, 3.8) is 0 Å². The third kappa shape index (κ3) is 4.80. The number of nitrogens with one attached hydrogen (secondary N) is 1. The van der Waals surface area contributed by atoms with Crippen LogP contribution >= 0.6 is 11.6 Å². The van der Waals surface area contributed by atoms with Crippen LogP contribution in [0.25, 0.3) is 0 Å². The van der Waals surface area contributed by atoms with Gasteiger partial charge in [0.1, 0.15) is 5.75 Å². The second kappa shape index (κ2) is 7.70. The summed E-state index contributed by atoms with van der Waals surface area (Å²) in [5.41, 5.74) is 5.86. The molecule has 4 heteroatoms. The maximum atomic E-state index is 6.07. The van der Waals surface area contributed by atoms with Crippen LogP contribution in [0, 0.1) is 6.92 Å². The molecule has 0 saturated heterocycles. The van der Waals surface area contributed by atoms with E-state index in [0.717, 1.165) is 40.6 Å². The van der Waals surface area contributed by atoms with E-state index >= 15 is 0 Å². The highest BCUT2D eigenvalue weighted by Gasteiger charge is 1.97. The highest BCUT2D eigenvalue weighted by atomic mass is 35.5. The van der Waals surface area contributed by atoms with Crippen LogP contribution in [0.4, 0.5) is 5.69 Å². The normalized spacial score (nSPS) is 10.8. The smallest absolute Gasteiger partial charge is 0.119 e. The lowest BCUT2D eigenvalue weighted by Gasteiger charge is -2.05. The first-order valence-electron chi connectivity index (χ1n) is 6.97. The summed E-state index contributed by atoms with van der Waals surface area (Å²) in [7, 11) is 0. The number of hydrogen-bond acceptors (Lipinski definition) is 3. The average molecular weight is 303 g/mol. The number of ether oxygens (including phenoxy) is 1. The third-order valence-electron chi connectivity index (χ3n) is 2.91. The summed E-state index contributed by atoms with van der Waals surface area (Å²) in [6.07, 6.45) is 2.75. The molecule has 0 atom stereocenters. The first-order valence-corrected chi connectivity index (χ1v) is 7.35. The van der Waals surface area contributed by atoms with Crippen molar-refractivity contribution in [2.75, 3.05) is 12.0 Å².